The predicted octanol–water partition coefficient (Wildman–Crippen LogP) is 4.30. The minimum absolute atomic E-state index is 0.0531. The molecule has 7 nitrogen and oxygen atoms in total. The monoisotopic (exact) mass is 520 g/mol. The van der Waals surface area contributed by atoms with E-state index in [1.165, 1.54) is 11.8 Å². The fourth-order valence-electron chi connectivity index (χ4n) is 4.69. The molecule has 0 radical (unpaired) electrons. The molecule has 36 heavy (non-hydrogen) atoms. The Balaban J connectivity index is 1.40. The molecule has 2 saturated heterocycles. The van der Waals surface area contributed by atoms with E-state index < -0.39 is 0 Å². The molecule has 0 aliphatic carbocycles. The van der Waals surface area contributed by atoms with Crippen molar-refractivity contribution in [2.45, 2.75) is 45.4 Å². The molecule has 2 aliphatic rings. The highest BCUT2D eigenvalue weighted by Gasteiger charge is 2.32. The molecule has 1 atom stereocenters. The number of carbonyl (C=O) groups is 2. The Hall–Kier alpha value is -3.01. The van der Waals surface area contributed by atoms with Gasteiger partial charge in [0.2, 0.25) is 5.91 Å². The molecular weight excluding hydrogens is 492 g/mol. The van der Waals surface area contributed by atoms with Crippen LogP contribution in [0.1, 0.15) is 36.5 Å². The summed E-state index contributed by atoms with van der Waals surface area (Å²) in [6.07, 6.45) is 10.3. The van der Waals surface area contributed by atoms with Crippen LogP contribution in [0.5, 0.6) is 0 Å². The number of thioether (sulfide) groups is 1. The van der Waals surface area contributed by atoms with Gasteiger partial charge in [0.05, 0.1) is 23.1 Å². The molecule has 2 fully saturated rings. The maximum Gasteiger partial charge on any atom is 0.266 e. The van der Waals surface area contributed by atoms with Crippen LogP contribution in [0.3, 0.4) is 0 Å². The summed E-state index contributed by atoms with van der Waals surface area (Å²) in [5.41, 5.74) is 4.00. The van der Waals surface area contributed by atoms with Crippen molar-refractivity contribution in [3.8, 4) is 0 Å². The molecule has 186 valence electrons. The van der Waals surface area contributed by atoms with Gasteiger partial charge < -0.3 is 14.6 Å². The quantitative estimate of drug-likeness (QED) is 0.353. The standard InChI is InChI=1S/C27H28N4O3S2/c1-2-19-7-3-9-22-20(16-30(25(19)22)17-24(32)29-14-21-8-5-11-34-21)12-23-26(33)31(27(35)36-23)15-18-6-4-10-28-13-18/h3-4,6-7,9-10,12-13,16,21H,2,5,8,11,14-15,17H2,1H3,(H,29,32)/b23-12-/t21-/m1/s1. The van der Waals surface area contributed by atoms with Crippen LogP contribution in [0, 0.1) is 0 Å². The molecule has 4 heterocycles. The Morgan fingerprint density at radius 2 is 2.22 bits per heavy atom. The van der Waals surface area contributed by atoms with Crippen LogP contribution < -0.4 is 5.32 Å². The summed E-state index contributed by atoms with van der Waals surface area (Å²) in [6, 6.07) is 9.92. The first kappa shape index (κ1) is 24.7. The summed E-state index contributed by atoms with van der Waals surface area (Å²) >= 11 is 6.83. The van der Waals surface area contributed by atoms with Crippen molar-refractivity contribution in [2.75, 3.05) is 13.2 Å². The Labute approximate surface area is 219 Å². The van der Waals surface area contributed by atoms with Gasteiger partial charge in [-0.15, -0.1) is 0 Å². The van der Waals surface area contributed by atoms with Gasteiger partial charge in [0.1, 0.15) is 10.9 Å². The summed E-state index contributed by atoms with van der Waals surface area (Å²) in [6.45, 7) is 4.00. The van der Waals surface area contributed by atoms with Crippen LogP contribution in [0.4, 0.5) is 0 Å². The third kappa shape index (κ3) is 5.23. The molecule has 5 rings (SSSR count). The first-order valence-electron chi connectivity index (χ1n) is 12.2. The van der Waals surface area contributed by atoms with E-state index in [9.17, 15) is 9.59 Å². The Morgan fingerprint density at radius 1 is 1.33 bits per heavy atom. The number of fused-ring (bicyclic) bond motifs is 1. The van der Waals surface area contributed by atoms with Crippen molar-refractivity contribution in [1.29, 1.82) is 0 Å². The normalized spacial score (nSPS) is 19.1. The highest BCUT2D eigenvalue weighted by Crippen LogP contribution is 2.35. The van der Waals surface area contributed by atoms with Crippen molar-refractivity contribution >= 4 is 57.1 Å². The Kier molecular flexibility index (Phi) is 7.50. The van der Waals surface area contributed by atoms with Gasteiger partial charge in [-0.05, 0) is 42.5 Å². The lowest BCUT2D eigenvalue weighted by Crippen LogP contribution is -2.34. The number of aromatic nitrogens is 2. The van der Waals surface area contributed by atoms with Gasteiger partial charge in [-0.1, -0.05) is 55.2 Å². The molecule has 2 aliphatic heterocycles. The number of nitrogens with one attached hydrogen (secondary N) is 1. The van der Waals surface area contributed by atoms with Crippen LogP contribution in [-0.2, 0) is 33.8 Å². The van der Waals surface area contributed by atoms with Crippen molar-refractivity contribution in [3.63, 3.8) is 0 Å². The lowest BCUT2D eigenvalue weighted by molar-refractivity contribution is -0.123. The van der Waals surface area contributed by atoms with E-state index in [1.54, 1.807) is 17.3 Å². The summed E-state index contributed by atoms with van der Waals surface area (Å²) in [7, 11) is 0. The maximum absolute atomic E-state index is 13.2. The minimum atomic E-state index is -0.115. The summed E-state index contributed by atoms with van der Waals surface area (Å²) in [5, 5.41) is 4.02. The van der Waals surface area contributed by atoms with E-state index in [0.717, 1.165) is 53.5 Å². The zero-order valence-corrected chi connectivity index (χ0v) is 21.7. The van der Waals surface area contributed by atoms with Crippen LogP contribution in [0.25, 0.3) is 17.0 Å². The SMILES string of the molecule is CCc1cccc2c(/C=C3\SC(=S)N(Cc4cccnc4)C3=O)cn(CC(=O)NC[C@H]3CCCO3)c12. The maximum atomic E-state index is 13.2. The lowest BCUT2D eigenvalue weighted by Gasteiger charge is -2.13. The first-order chi connectivity index (χ1) is 17.5. The molecule has 1 aromatic carbocycles. The smallest absolute Gasteiger partial charge is 0.266 e. The molecule has 0 saturated carbocycles. The average Bonchev–Trinajstić information content (AvgIpc) is 3.60. The van der Waals surface area contributed by atoms with E-state index in [4.69, 9.17) is 17.0 Å². The number of thiocarbonyl (C=S) groups is 1. The lowest BCUT2D eigenvalue weighted by atomic mass is 10.1. The zero-order chi connectivity index (χ0) is 25.1. The number of rotatable bonds is 8. The van der Waals surface area contributed by atoms with E-state index in [2.05, 4.69) is 23.3 Å². The van der Waals surface area contributed by atoms with Gasteiger partial charge in [-0.25, -0.2) is 0 Å². The molecule has 9 heteroatoms. The molecule has 2 aromatic heterocycles. The summed E-state index contributed by atoms with van der Waals surface area (Å²) in [5.74, 6) is -0.168. The summed E-state index contributed by atoms with van der Waals surface area (Å²) in [4.78, 5) is 32.3. The molecular formula is C27H28N4O3S2. The van der Waals surface area contributed by atoms with Crippen LogP contribution in [0.15, 0.2) is 53.8 Å². The fraction of sp³-hybridized carbons (Fsp3) is 0.333. The highest BCUT2D eigenvalue weighted by molar-refractivity contribution is 8.26. The van der Waals surface area contributed by atoms with Crippen LogP contribution in [-0.4, -0.2) is 49.8 Å². The number of amides is 2. The molecule has 2 amide bonds. The van der Waals surface area contributed by atoms with Crippen molar-refractivity contribution in [3.05, 3.63) is 70.5 Å². The van der Waals surface area contributed by atoms with Gasteiger partial charge in [-0.2, -0.15) is 0 Å². The molecule has 0 spiro atoms. The van der Waals surface area contributed by atoms with E-state index in [0.29, 0.717) is 22.3 Å². The number of hydrogen-bond donors (Lipinski definition) is 1. The summed E-state index contributed by atoms with van der Waals surface area (Å²) < 4.78 is 8.14. The van der Waals surface area contributed by atoms with Gasteiger partial charge in [0, 0.05) is 42.7 Å². The fourth-order valence-corrected chi connectivity index (χ4v) is 5.93. The number of para-hydroxylation sites is 1. The van der Waals surface area contributed by atoms with Crippen LogP contribution >= 0.6 is 24.0 Å². The molecule has 1 N–H and O–H groups in total. The third-order valence-corrected chi connectivity index (χ3v) is 7.86. The Morgan fingerprint density at radius 3 is 2.97 bits per heavy atom. The third-order valence-electron chi connectivity index (χ3n) is 6.48. The van der Waals surface area contributed by atoms with Gasteiger partial charge in [0.15, 0.2) is 0 Å². The number of aryl methyl sites for hydroxylation is 1. The number of pyridine rings is 1. The molecule has 3 aromatic rings. The number of ether oxygens (including phenoxy) is 1. The second kappa shape index (κ2) is 10.9. The van der Waals surface area contributed by atoms with Gasteiger partial charge in [-0.3, -0.25) is 19.5 Å². The zero-order valence-electron chi connectivity index (χ0n) is 20.1. The highest BCUT2D eigenvalue weighted by atomic mass is 32.2. The Bertz CT molecular complexity index is 1330. The second-order valence-corrected chi connectivity index (χ2v) is 10.6. The molecule has 0 bridgehead atoms. The van der Waals surface area contributed by atoms with Gasteiger partial charge >= 0.3 is 0 Å². The second-order valence-electron chi connectivity index (χ2n) is 8.95. The first-order valence-corrected chi connectivity index (χ1v) is 13.4. The van der Waals surface area contributed by atoms with Gasteiger partial charge in [0.25, 0.3) is 5.91 Å². The van der Waals surface area contributed by atoms with E-state index in [1.807, 2.05) is 41.1 Å². The predicted molar refractivity (Wildman–Crippen MR) is 146 cm³/mol. The number of benzene rings is 1. The number of nitrogens with zero attached hydrogens (tertiary/aromatic N) is 3. The van der Waals surface area contributed by atoms with Crippen molar-refractivity contribution < 1.29 is 14.3 Å². The minimum Gasteiger partial charge on any atom is -0.376 e. The van der Waals surface area contributed by atoms with Crippen LogP contribution in [0.2, 0.25) is 0 Å². The van der Waals surface area contributed by atoms with E-state index >= 15 is 0 Å². The average molecular weight is 521 g/mol. The van der Waals surface area contributed by atoms with Crippen molar-refractivity contribution in [1.82, 2.24) is 19.8 Å². The number of hydrogen-bond acceptors (Lipinski definition) is 6. The topological polar surface area (TPSA) is 76.5 Å². The number of carbonyl (C=O) groups excluding carboxylic acids is 2. The largest absolute Gasteiger partial charge is 0.376 e. The molecule has 0 unspecified atom stereocenters. The van der Waals surface area contributed by atoms with Crippen molar-refractivity contribution in [2.24, 2.45) is 0 Å². The van der Waals surface area contributed by atoms with E-state index in [-0.39, 0.29) is 24.5 Å².